The third kappa shape index (κ3) is 3.46. The molecule has 4 heteroatoms. The Morgan fingerprint density at radius 1 is 1.38 bits per heavy atom. The predicted octanol–water partition coefficient (Wildman–Crippen LogP) is 0.406. The van der Waals surface area contributed by atoms with Gasteiger partial charge >= 0.3 is 0 Å². The molecule has 2 aliphatic rings. The molecule has 1 heterocycles. The van der Waals surface area contributed by atoms with Crippen molar-refractivity contribution in [1.29, 1.82) is 0 Å². The summed E-state index contributed by atoms with van der Waals surface area (Å²) < 4.78 is 0. The maximum atomic E-state index is 11.8. The van der Waals surface area contributed by atoms with Crippen LogP contribution >= 0.6 is 0 Å². The van der Waals surface area contributed by atoms with Gasteiger partial charge in [-0.05, 0) is 51.1 Å². The molecule has 92 valence electrons. The molecule has 1 saturated heterocycles. The molecule has 0 aromatic heterocycles. The lowest BCUT2D eigenvalue weighted by atomic mass is 9.92. The SMILES string of the molecule is O=C(CC1CCNC1)NC1CCCC(O)C1. The van der Waals surface area contributed by atoms with Gasteiger partial charge in [-0.1, -0.05) is 0 Å². The second kappa shape index (κ2) is 5.64. The lowest BCUT2D eigenvalue weighted by Crippen LogP contribution is -2.40. The second-order valence-electron chi connectivity index (χ2n) is 5.15. The highest BCUT2D eigenvalue weighted by Crippen LogP contribution is 2.19. The number of nitrogens with one attached hydrogen (secondary N) is 2. The van der Waals surface area contributed by atoms with Gasteiger partial charge in [0.15, 0.2) is 0 Å². The second-order valence-corrected chi connectivity index (χ2v) is 5.15. The molecular formula is C12H22N2O2. The van der Waals surface area contributed by atoms with Crippen molar-refractivity contribution in [3.63, 3.8) is 0 Å². The van der Waals surface area contributed by atoms with E-state index in [9.17, 15) is 9.90 Å². The molecule has 3 N–H and O–H groups in total. The van der Waals surface area contributed by atoms with Crippen LogP contribution in [0.4, 0.5) is 0 Å². The molecule has 3 unspecified atom stereocenters. The molecule has 3 atom stereocenters. The van der Waals surface area contributed by atoms with Crippen LogP contribution in [0.2, 0.25) is 0 Å². The quantitative estimate of drug-likeness (QED) is 0.653. The van der Waals surface area contributed by atoms with Gasteiger partial charge in [-0.3, -0.25) is 4.79 Å². The fourth-order valence-corrected chi connectivity index (χ4v) is 2.73. The Labute approximate surface area is 96.8 Å². The highest BCUT2D eigenvalue weighted by atomic mass is 16.3. The number of hydrogen-bond acceptors (Lipinski definition) is 3. The smallest absolute Gasteiger partial charge is 0.220 e. The van der Waals surface area contributed by atoms with E-state index < -0.39 is 0 Å². The van der Waals surface area contributed by atoms with Crippen LogP contribution in [0.15, 0.2) is 0 Å². The third-order valence-corrected chi connectivity index (χ3v) is 3.65. The molecule has 0 aromatic carbocycles. The van der Waals surface area contributed by atoms with Crippen LogP contribution in [-0.4, -0.2) is 36.2 Å². The normalized spacial score (nSPS) is 34.9. The average Bonchev–Trinajstić information content (AvgIpc) is 2.70. The summed E-state index contributed by atoms with van der Waals surface area (Å²) in [7, 11) is 0. The van der Waals surface area contributed by atoms with Crippen molar-refractivity contribution in [3.8, 4) is 0 Å². The molecular weight excluding hydrogens is 204 g/mol. The molecule has 0 radical (unpaired) electrons. The fourth-order valence-electron chi connectivity index (χ4n) is 2.73. The number of amides is 1. The van der Waals surface area contributed by atoms with Gasteiger partial charge in [0.25, 0.3) is 0 Å². The first-order valence-electron chi connectivity index (χ1n) is 6.42. The summed E-state index contributed by atoms with van der Waals surface area (Å²) >= 11 is 0. The molecule has 4 nitrogen and oxygen atoms in total. The molecule has 16 heavy (non-hydrogen) atoms. The van der Waals surface area contributed by atoms with Crippen LogP contribution in [0.5, 0.6) is 0 Å². The molecule has 1 aliphatic carbocycles. The highest BCUT2D eigenvalue weighted by molar-refractivity contribution is 5.76. The molecule has 0 bridgehead atoms. The Morgan fingerprint density at radius 2 is 2.25 bits per heavy atom. The van der Waals surface area contributed by atoms with Crippen molar-refractivity contribution in [2.75, 3.05) is 13.1 Å². The molecule has 2 fully saturated rings. The Morgan fingerprint density at radius 3 is 2.94 bits per heavy atom. The number of carbonyl (C=O) groups excluding carboxylic acids is 1. The van der Waals surface area contributed by atoms with Gasteiger partial charge in [-0.15, -0.1) is 0 Å². The monoisotopic (exact) mass is 226 g/mol. The van der Waals surface area contributed by atoms with E-state index in [1.807, 2.05) is 0 Å². The summed E-state index contributed by atoms with van der Waals surface area (Å²) in [5, 5.41) is 15.8. The van der Waals surface area contributed by atoms with Crippen molar-refractivity contribution in [3.05, 3.63) is 0 Å². The number of rotatable bonds is 3. The summed E-state index contributed by atoms with van der Waals surface area (Å²) in [6, 6.07) is 0.200. The standard InChI is InChI=1S/C12H22N2O2/c15-11-3-1-2-10(7-11)14-12(16)6-9-4-5-13-8-9/h9-11,13,15H,1-8H2,(H,14,16). The Hall–Kier alpha value is -0.610. The van der Waals surface area contributed by atoms with Crippen LogP contribution < -0.4 is 10.6 Å². The van der Waals surface area contributed by atoms with E-state index in [-0.39, 0.29) is 18.1 Å². The lowest BCUT2D eigenvalue weighted by Gasteiger charge is -2.27. The molecule has 2 rings (SSSR count). The van der Waals surface area contributed by atoms with E-state index in [1.165, 1.54) is 0 Å². The van der Waals surface area contributed by atoms with E-state index in [1.54, 1.807) is 0 Å². The van der Waals surface area contributed by atoms with E-state index in [4.69, 9.17) is 0 Å². The largest absolute Gasteiger partial charge is 0.393 e. The van der Waals surface area contributed by atoms with E-state index in [0.717, 1.165) is 45.2 Å². The zero-order chi connectivity index (χ0) is 11.4. The van der Waals surface area contributed by atoms with Crippen molar-refractivity contribution < 1.29 is 9.90 Å². The maximum absolute atomic E-state index is 11.8. The molecule has 1 aliphatic heterocycles. The van der Waals surface area contributed by atoms with E-state index >= 15 is 0 Å². The van der Waals surface area contributed by atoms with Gasteiger partial charge < -0.3 is 15.7 Å². The van der Waals surface area contributed by atoms with Gasteiger partial charge in [0.1, 0.15) is 0 Å². The fraction of sp³-hybridized carbons (Fsp3) is 0.917. The summed E-state index contributed by atoms with van der Waals surface area (Å²) in [6.07, 6.45) is 5.20. The Kier molecular flexibility index (Phi) is 4.18. The maximum Gasteiger partial charge on any atom is 0.220 e. The minimum Gasteiger partial charge on any atom is -0.393 e. The van der Waals surface area contributed by atoms with Gasteiger partial charge in [0.05, 0.1) is 6.10 Å². The summed E-state index contributed by atoms with van der Waals surface area (Å²) in [4.78, 5) is 11.8. The topological polar surface area (TPSA) is 61.4 Å². The first-order chi connectivity index (χ1) is 7.74. The average molecular weight is 226 g/mol. The van der Waals surface area contributed by atoms with Crippen molar-refractivity contribution >= 4 is 5.91 Å². The minimum atomic E-state index is -0.216. The van der Waals surface area contributed by atoms with Crippen LogP contribution in [0.25, 0.3) is 0 Å². The summed E-state index contributed by atoms with van der Waals surface area (Å²) in [5.41, 5.74) is 0. The van der Waals surface area contributed by atoms with Gasteiger partial charge in [-0.25, -0.2) is 0 Å². The summed E-state index contributed by atoms with van der Waals surface area (Å²) in [6.45, 7) is 2.01. The molecule has 0 aromatic rings. The number of carbonyl (C=O) groups is 1. The predicted molar refractivity (Wildman–Crippen MR) is 62.0 cm³/mol. The molecule has 0 spiro atoms. The van der Waals surface area contributed by atoms with Gasteiger partial charge in [0.2, 0.25) is 5.91 Å². The zero-order valence-electron chi connectivity index (χ0n) is 9.74. The zero-order valence-corrected chi connectivity index (χ0v) is 9.74. The minimum absolute atomic E-state index is 0.160. The van der Waals surface area contributed by atoms with E-state index in [0.29, 0.717) is 12.3 Å². The van der Waals surface area contributed by atoms with Crippen LogP contribution in [-0.2, 0) is 4.79 Å². The molecule has 1 amide bonds. The van der Waals surface area contributed by atoms with Crippen molar-refractivity contribution in [1.82, 2.24) is 10.6 Å². The number of hydrogen-bond donors (Lipinski definition) is 3. The number of aliphatic hydroxyl groups is 1. The highest BCUT2D eigenvalue weighted by Gasteiger charge is 2.23. The van der Waals surface area contributed by atoms with Crippen LogP contribution in [0.1, 0.15) is 38.5 Å². The first kappa shape index (κ1) is 11.9. The van der Waals surface area contributed by atoms with Crippen LogP contribution in [0.3, 0.4) is 0 Å². The third-order valence-electron chi connectivity index (χ3n) is 3.65. The van der Waals surface area contributed by atoms with Gasteiger partial charge in [-0.2, -0.15) is 0 Å². The Bertz CT molecular complexity index is 239. The first-order valence-corrected chi connectivity index (χ1v) is 6.42. The van der Waals surface area contributed by atoms with Crippen LogP contribution in [0, 0.1) is 5.92 Å². The lowest BCUT2D eigenvalue weighted by molar-refractivity contribution is -0.123. The van der Waals surface area contributed by atoms with Gasteiger partial charge in [0, 0.05) is 12.5 Å². The summed E-state index contributed by atoms with van der Waals surface area (Å²) in [5.74, 6) is 0.668. The van der Waals surface area contributed by atoms with Crippen molar-refractivity contribution in [2.45, 2.75) is 50.7 Å². The number of aliphatic hydroxyl groups excluding tert-OH is 1. The Balaban J connectivity index is 1.69. The van der Waals surface area contributed by atoms with Crippen molar-refractivity contribution in [2.24, 2.45) is 5.92 Å². The van der Waals surface area contributed by atoms with E-state index in [2.05, 4.69) is 10.6 Å². The molecule has 1 saturated carbocycles.